The van der Waals surface area contributed by atoms with Crippen molar-refractivity contribution in [2.24, 2.45) is 0 Å². The summed E-state index contributed by atoms with van der Waals surface area (Å²) in [6, 6.07) is 5.77. The van der Waals surface area contributed by atoms with Crippen molar-refractivity contribution in [2.45, 2.75) is 32.9 Å². The Kier molecular flexibility index (Phi) is 6.65. The molecule has 0 aliphatic heterocycles. The Hall–Kier alpha value is -3.84. The van der Waals surface area contributed by atoms with Crippen LogP contribution in [0.25, 0.3) is 33.2 Å². The molecule has 8 nitrogen and oxygen atoms in total. The topological polar surface area (TPSA) is 98.7 Å². The van der Waals surface area contributed by atoms with Crippen LogP contribution in [0.1, 0.15) is 36.2 Å². The van der Waals surface area contributed by atoms with Gasteiger partial charge in [-0.05, 0) is 44.0 Å². The number of carbonyl (C=O) groups excluding carboxylic acids is 1. The van der Waals surface area contributed by atoms with Gasteiger partial charge in [0.25, 0.3) is 0 Å². The summed E-state index contributed by atoms with van der Waals surface area (Å²) in [6.45, 7) is 2.95. The molecular weight excluding hydrogens is 548 g/mol. The molecule has 4 aromatic rings. The number of hydrogen-bond acceptors (Lipinski definition) is 7. The van der Waals surface area contributed by atoms with Crippen molar-refractivity contribution in [3.05, 3.63) is 63.8 Å². The van der Waals surface area contributed by atoms with Crippen LogP contribution in [0.4, 0.5) is 23.2 Å². The van der Waals surface area contributed by atoms with Crippen molar-refractivity contribution in [3.8, 4) is 27.6 Å². The Morgan fingerprint density at radius 2 is 2.05 bits per heavy atom. The molecule has 0 saturated carbocycles. The van der Waals surface area contributed by atoms with Gasteiger partial charge in [-0.15, -0.1) is 10.2 Å². The van der Waals surface area contributed by atoms with E-state index in [4.69, 9.17) is 16.1 Å². The van der Waals surface area contributed by atoms with E-state index in [-0.39, 0.29) is 49.9 Å². The number of aryl methyl sites for hydroxylation is 1. The summed E-state index contributed by atoms with van der Waals surface area (Å²) < 4.78 is 64.6. The molecule has 14 heteroatoms. The van der Waals surface area contributed by atoms with Gasteiger partial charge in [-0.25, -0.2) is 9.07 Å². The van der Waals surface area contributed by atoms with Crippen molar-refractivity contribution in [3.63, 3.8) is 0 Å². The van der Waals surface area contributed by atoms with Gasteiger partial charge in [-0.1, -0.05) is 34.2 Å². The van der Waals surface area contributed by atoms with Crippen molar-refractivity contribution in [2.75, 3.05) is 5.32 Å². The van der Waals surface area contributed by atoms with Gasteiger partial charge in [0, 0.05) is 17.6 Å². The molecule has 1 aliphatic rings. The summed E-state index contributed by atoms with van der Waals surface area (Å²) in [5.41, 5.74) is -1.42. The molecule has 1 amide bonds. The highest BCUT2D eigenvalue weighted by atomic mass is 35.5. The molecule has 196 valence electrons. The van der Waals surface area contributed by atoms with Crippen LogP contribution in [-0.4, -0.2) is 31.0 Å². The lowest BCUT2D eigenvalue weighted by molar-refractivity contribution is -0.142. The summed E-state index contributed by atoms with van der Waals surface area (Å²) in [4.78, 5) is 11.4. The molecule has 0 saturated heterocycles. The minimum Gasteiger partial charge on any atom is -0.355 e. The molecule has 0 unspecified atom stereocenters. The maximum Gasteiger partial charge on any atom is 0.434 e. The molecular formula is C24H17ClF4N6O2S. The van der Waals surface area contributed by atoms with Gasteiger partial charge in [0.15, 0.2) is 16.5 Å². The molecule has 1 N–H and O–H groups in total. The maximum absolute atomic E-state index is 14.9. The Bertz CT molecular complexity index is 1620. The fraction of sp³-hybridized carbons (Fsp3) is 0.208. The van der Waals surface area contributed by atoms with Crippen LogP contribution in [0.5, 0.6) is 0 Å². The zero-order valence-electron chi connectivity index (χ0n) is 19.7. The normalized spacial score (nSPS) is 14.1. The van der Waals surface area contributed by atoms with E-state index in [0.717, 1.165) is 17.5 Å². The third-order valence-electron chi connectivity index (χ3n) is 5.56. The summed E-state index contributed by atoms with van der Waals surface area (Å²) in [6.07, 6.45) is -1.89. The zero-order chi connectivity index (χ0) is 27.2. The van der Waals surface area contributed by atoms with E-state index >= 15 is 0 Å². The van der Waals surface area contributed by atoms with Gasteiger partial charge in [0.05, 0.1) is 28.6 Å². The first-order chi connectivity index (χ1) is 18.0. The lowest BCUT2D eigenvalue weighted by atomic mass is 9.97. The molecule has 0 bridgehead atoms. The van der Waals surface area contributed by atoms with E-state index in [1.807, 2.05) is 0 Å². The highest BCUT2D eigenvalue weighted by Crippen LogP contribution is 2.47. The standard InChI is InChI=1S/C24H17ClF4N6O2S/c1-11(36)31-13-5-3-6-14(9-13)35-22(24(27,28)29)15(10-30-35)21-19(23-33-32-12(2)38-23)20(34-37-21)18-16(25)7-4-8-17(18)26/h3,5-6,8-10H,4,7H2,1-2H3,(H,31,36). The smallest absolute Gasteiger partial charge is 0.355 e. The molecule has 1 aromatic carbocycles. The first kappa shape index (κ1) is 25.8. The number of carbonyl (C=O) groups is 1. The lowest BCUT2D eigenvalue weighted by Gasteiger charge is -2.14. The molecule has 0 atom stereocenters. The monoisotopic (exact) mass is 564 g/mol. The molecule has 3 heterocycles. The van der Waals surface area contributed by atoms with Crippen LogP contribution in [0.2, 0.25) is 0 Å². The van der Waals surface area contributed by atoms with Crippen LogP contribution in [-0.2, 0) is 11.0 Å². The molecule has 38 heavy (non-hydrogen) atoms. The molecule has 3 aromatic heterocycles. The fourth-order valence-corrected chi connectivity index (χ4v) is 5.09. The number of halogens is 5. The van der Waals surface area contributed by atoms with E-state index in [1.165, 1.54) is 37.3 Å². The van der Waals surface area contributed by atoms with Crippen LogP contribution in [0, 0.1) is 6.92 Å². The number of benzene rings is 1. The predicted molar refractivity (Wildman–Crippen MR) is 133 cm³/mol. The number of nitrogens with zero attached hydrogens (tertiary/aromatic N) is 5. The molecule has 0 fully saturated rings. The number of hydrogen-bond donors (Lipinski definition) is 1. The largest absolute Gasteiger partial charge is 0.434 e. The number of allylic oxidation sites excluding steroid dienone is 4. The number of nitrogens with one attached hydrogen (secondary N) is 1. The second-order valence-electron chi connectivity index (χ2n) is 8.28. The van der Waals surface area contributed by atoms with E-state index in [0.29, 0.717) is 22.5 Å². The van der Waals surface area contributed by atoms with Crippen molar-refractivity contribution >= 4 is 40.1 Å². The minimum atomic E-state index is -4.90. The van der Waals surface area contributed by atoms with Crippen LogP contribution < -0.4 is 5.32 Å². The van der Waals surface area contributed by atoms with E-state index in [2.05, 4.69) is 25.8 Å². The van der Waals surface area contributed by atoms with Crippen molar-refractivity contribution < 1.29 is 26.9 Å². The van der Waals surface area contributed by atoms with E-state index in [9.17, 15) is 22.4 Å². The van der Waals surface area contributed by atoms with Gasteiger partial charge in [0.2, 0.25) is 5.91 Å². The summed E-state index contributed by atoms with van der Waals surface area (Å²) in [5, 5.41) is 19.3. The van der Waals surface area contributed by atoms with Crippen molar-refractivity contribution in [1.29, 1.82) is 0 Å². The Balaban J connectivity index is 1.75. The lowest BCUT2D eigenvalue weighted by Crippen LogP contribution is -2.15. The summed E-state index contributed by atoms with van der Waals surface area (Å²) in [5.74, 6) is -1.37. The average molecular weight is 565 g/mol. The van der Waals surface area contributed by atoms with Gasteiger partial charge < -0.3 is 9.84 Å². The third-order valence-corrected chi connectivity index (χ3v) is 6.79. The number of anilines is 1. The highest BCUT2D eigenvalue weighted by molar-refractivity contribution is 7.14. The van der Waals surface area contributed by atoms with Gasteiger partial charge in [0.1, 0.15) is 16.5 Å². The van der Waals surface area contributed by atoms with Crippen LogP contribution >= 0.6 is 22.9 Å². The van der Waals surface area contributed by atoms with Crippen molar-refractivity contribution in [1.82, 2.24) is 25.1 Å². The maximum atomic E-state index is 14.9. The zero-order valence-corrected chi connectivity index (χ0v) is 21.3. The number of rotatable bonds is 5. The second kappa shape index (κ2) is 9.80. The summed E-state index contributed by atoms with van der Waals surface area (Å²) in [7, 11) is 0. The third kappa shape index (κ3) is 4.74. The SMILES string of the molecule is CC(=O)Nc1cccc(-n2ncc(-c3onc(C4=C(Cl)CCC=C4F)c3-c3nnc(C)s3)c2C(F)(F)F)c1. The molecule has 0 radical (unpaired) electrons. The fourth-order valence-electron chi connectivity index (χ4n) is 4.07. The first-order valence-electron chi connectivity index (χ1n) is 11.1. The average Bonchev–Trinajstić information content (AvgIpc) is 3.56. The number of alkyl halides is 3. The van der Waals surface area contributed by atoms with E-state index in [1.54, 1.807) is 6.92 Å². The molecule has 1 aliphatic carbocycles. The highest BCUT2D eigenvalue weighted by Gasteiger charge is 2.42. The minimum absolute atomic E-state index is 0.0197. The summed E-state index contributed by atoms with van der Waals surface area (Å²) >= 11 is 7.41. The number of amides is 1. The van der Waals surface area contributed by atoms with Gasteiger partial charge in [-0.3, -0.25) is 4.79 Å². The Labute approximate surface area is 221 Å². The van der Waals surface area contributed by atoms with Crippen LogP contribution in [0.15, 0.2) is 51.9 Å². The van der Waals surface area contributed by atoms with E-state index < -0.39 is 23.3 Å². The Morgan fingerprint density at radius 3 is 2.71 bits per heavy atom. The first-order valence-corrected chi connectivity index (χ1v) is 12.3. The van der Waals surface area contributed by atoms with Gasteiger partial charge >= 0.3 is 6.18 Å². The van der Waals surface area contributed by atoms with Crippen LogP contribution in [0.3, 0.4) is 0 Å². The second-order valence-corrected chi connectivity index (χ2v) is 9.92. The Morgan fingerprint density at radius 1 is 1.26 bits per heavy atom. The molecule has 0 spiro atoms. The quantitative estimate of drug-likeness (QED) is 0.264. The number of aromatic nitrogens is 5. The predicted octanol–water partition coefficient (Wildman–Crippen LogP) is 6.93. The van der Waals surface area contributed by atoms with Gasteiger partial charge in [-0.2, -0.15) is 18.3 Å². The molecule has 5 rings (SSSR count).